The number of Topliss-reactive ketones (excluding diaryl/α,β-unsaturated/α-hetero) is 1. The first-order chi connectivity index (χ1) is 18.4. The number of amides is 4. The number of halogens is 1. The number of carbonyl (C=O) groups is 5. The van der Waals surface area contributed by atoms with Crippen molar-refractivity contribution in [3.63, 3.8) is 0 Å². The van der Waals surface area contributed by atoms with Crippen LogP contribution in [0.3, 0.4) is 0 Å². The highest BCUT2D eigenvalue weighted by atomic mass is 19.1. The molecular weight excluding hydrogens is 505 g/mol. The fraction of sp³-hybridized carbons (Fsp3) is 0.429. The van der Waals surface area contributed by atoms with Gasteiger partial charge in [0.2, 0.25) is 17.6 Å². The molecule has 10 nitrogen and oxygen atoms in total. The van der Waals surface area contributed by atoms with Crippen LogP contribution < -0.4 is 21.3 Å². The summed E-state index contributed by atoms with van der Waals surface area (Å²) in [6, 6.07) is 7.38. The van der Waals surface area contributed by atoms with E-state index in [2.05, 4.69) is 26.3 Å². The van der Waals surface area contributed by atoms with Gasteiger partial charge < -0.3 is 21.3 Å². The molecule has 1 fully saturated rings. The third-order valence-corrected chi connectivity index (χ3v) is 6.14. The maximum atomic E-state index is 13.6. The summed E-state index contributed by atoms with van der Waals surface area (Å²) in [7, 11) is 0. The summed E-state index contributed by atoms with van der Waals surface area (Å²) in [5.41, 5.74) is -0.0703. The quantitative estimate of drug-likeness (QED) is 0.336. The molecule has 1 aliphatic rings. The van der Waals surface area contributed by atoms with Crippen molar-refractivity contribution in [3.05, 3.63) is 65.7 Å². The number of ketones is 1. The average molecular weight is 540 g/mol. The van der Waals surface area contributed by atoms with Crippen molar-refractivity contribution >= 4 is 29.4 Å². The van der Waals surface area contributed by atoms with E-state index in [1.165, 1.54) is 6.20 Å². The number of hydrogen-bond acceptors (Lipinski definition) is 6. The second kappa shape index (κ2) is 13.1. The number of nitrogens with zero attached hydrogens (tertiary/aromatic N) is 1. The highest BCUT2D eigenvalue weighted by Crippen LogP contribution is 2.19. The zero-order valence-corrected chi connectivity index (χ0v) is 22.3. The summed E-state index contributed by atoms with van der Waals surface area (Å²) in [6.45, 7) is 5.66. The molecule has 0 spiro atoms. The lowest BCUT2D eigenvalue weighted by Gasteiger charge is -2.28. The molecule has 1 unspecified atom stereocenters. The average Bonchev–Trinajstić information content (AvgIpc) is 2.88. The Labute approximate surface area is 226 Å². The molecule has 4 amide bonds. The summed E-state index contributed by atoms with van der Waals surface area (Å²) in [6.07, 6.45) is 3.30. The van der Waals surface area contributed by atoms with E-state index in [1.807, 2.05) is 0 Å². The highest BCUT2D eigenvalue weighted by molar-refractivity contribution is 6.38. The van der Waals surface area contributed by atoms with Crippen molar-refractivity contribution in [1.29, 1.82) is 0 Å². The standard InChI is InChI=1S/C28H34FN5O5/c1-28(2,3)34-27(39)23(35)21(14-18-10-7-11-31-24(18)36)32-26(38)22(12-17-8-5-4-6-9-17)33-25(37)19-13-20(29)16-30-15-19/h4-6,8-9,13,15-16,18,21-22H,7,10-12,14H2,1-3H3,(H,31,36)(H,32,38)(H,33,37)(H,34,39)/t18-,21?,22-/m0/s1. The molecule has 39 heavy (non-hydrogen) atoms. The number of nitrogens with one attached hydrogen (secondary N) is 4. The van der Waals surface area contributed by atoms with E-state index in [-0.39, 0.29) is 24.3 Å². The first-order valence-corrected chi connectivity index (χ1v) is 12.8. The maximum Gasteiger partial charge on any atom is 0.290 e. The van der Waals surface area contributed by atoms with Crippen molar-refractivity contribution in [1.82, 2.24) is 26.3 Å². The number of rotatable bonds is 10. The second-order valence-corrected chi connectivity index (χ2v) is 10.6. The van der Waals surface area contributed by atoms with Gasteiger partial charge in [0.15, 0.2) is 0 Å². The zero-order valence-electron chi connectivity index (χ0n) is 22.3. The van der Waals surface area contributed by atoms with E-state index in [4.69, 9.17) is 0 Å². The van der Waals surface area contributed by atoms with Crippen LogP contribution in [0.15, 0.2) is 48.8 Å². The Morgan fingerprint density at radius 1 is 1.08 bits per heavy atom. The van der Waals surface area contributed by atoms with Gasteiger partial charge in [0.1, 0.15) is 11.9 Å². The molecule has 0 radical (unpaired) electrons. The molecule has 1 aliphatic heterocycles. The molecule has 208 valence electrons. The number of carbonyl (C=O) groups excluding carboxylic acids is 5. The maximum absolute atomic E-state index is 13.6. The Balaban J connectivity index is 1.85. The SMILES string of the molecule is CC(C)(C)NC(=O)C(=O)C(C[C@@H]1CCCNC1=O)NC(=O)[C@H](Cc1ccccc1)NC(=O)c1cncc(F)c1. The molecular formula is C28H34FN5O5. The fourth-order valence-electron chi connectivity index (χ4n) is 4.25. The van der Waals surface area contributed by atoms with Crippen LogP contribution in [0, 0.1) is 11.7 Å². The van der Waals surface area contributed by atoms with Crippen LogP contribution in [0.1, 0.15) is 56.0 Å². The van der Waals surface area contributed by atoms with Gasteiger partial charge in [-0.3, -0.25) is 29.0 Å². The normalized spacial score (nSPS) is 16.8. The monoisotopic (exact) mass is 539 g/mol. The highest BCUT2D eigenvalue weighted by Gasteiger charge is 2.35. The Morgan fingerprint density at radius 3 is 2.44 bits per heavy atom. The van der Waals surface area contributed by atoms with Crippen LogP contribution in [0.25, 0.3) is 0 Å². The number of aromatic nitrogens is 1. The lowest BCUT2D eigenvalue weighted by Crippen LogP contribution is -2.57. The van der Waals surface area contributed by atoms with E-state index in [9.17, 15) is 28.4 Å². The summed E-state index contributed by atoms with van der Waals surface area (Å²) < 4.78 is 13.6. The van der Waals surface area contributed by atoms with Crippen LogP contribution >= 0.6 is 0 Å². The van der Waals surface area contributed by atoms with Gasteiger partial charge in [-0.25, -0.2) is 4.39 Å². The Hall–Kier alpha value is -4.15. The van der Waals surface area contributed by atoms with Crippen molar-refractivity contribution in [2.24, 2.45) is 5.92 Å². The number of benzene rings is 1. The predicted molar refractivity (Wildman–Crippen MR) is 141 cm³/mol. The molecule has 11 heteroatoms. The van der Waals surface area contributed by atoms with Crippen LogP contribution in [0.2, 0.25) is 0 Å². The van der Waals surface area contributed by atoms with Gasteiger partial charge in [0.25, 0.3) is 11.8 Å². The summed E-state index contributed by atoms with van der Waals surface area (Å²) in [4.78, 5) is 68.4. The Morgan fingerprint density at radius 2 is 1.79 bits per heavy atom. The Bertz CT molecular complexity index is 1210. The van der Waals surface area contributed by atoms with Gasteiger partial charge in [0, 0.05) is 30.6 Å². The van der Waals surface area contributed by atoms with E-state index in [0.717, 1.165) is 17.8 Å². The molecule has 2 aromatic rings. The minimum atomic E-state index is -1.31. The number of pyridine rings is 1. The first kappa shape index (κ1) is 29.4. The molecule has 1 aromatic heterocycles. The van der Waals surface area contributed by atoms with E-state index < -0.39 is 52.9 Å². The molecule has 0 aliphatic carbocycles. The largest absolute Gasteiger partial charge is 0.356 e. The summed E-state index contributed by atoms with van der Waals surface area (Å²) in [5.74, 6) is -4.79. The van der Waals surface area contributed by atoms with E-state index in [0.29, 0.717) is 19.4 Å². The number of hydrogen-bond donors (Lipinski definition) is 4. The predicted octanol–water partition coefficient (Wildman–Crippen LogP) is 1.45. The molecule has 1 saturated heterocycles. The molecule has 3 atom stereocenters. The molecule has 0 saturated carbocycles. The lowest BCUT2D eigenvalue weighted by atomic mass is 9.89. The minimum absolute atomic E-state index is 0.0557. The van der Waals surface area contributed by atoms with Gasteiger partial charge in [0.05, 0.1) is 17.8 Å². The topological polar surface area (TPSA) is 146 Å². The minimum Gasteiger partial charge on any atom is -0.356 e. The first-order valence-electron chi connectivity index (χ1n) is 12.8. The molecule has 4 N–H and O–H groups in total. The van der Waals surface area contributed by atoms with E-state index in [1.54, 1.807) is 51.1 Å². The van der Waals surface area contributed by atoms with Gasteiger partial charge in [-0.1, -0.05) is 30.3 Å². The van der Waals surface area contributed by atoms with Crippen LogP contribution in [-0.2, 0) is 25.6 Å². The van der Waals surface area contributed by atoms with Gasteiger partial charge >= 0.3 is 0 Å². The fourth-order valence-corrected chi connectivity index (χ4v) is 4.25. The van der Waals surface area contributed by atoms with Gasteiger partial charge in [-0.15, -0.1) is 0 Å². The Kier molecular flexibility index (Phi) is 9.86. The molecule has 1 aromatic carbocycles. The summed E-state index contributed by atoms with van der Waals surface area (Å²) >= 11 is 0. The third kappa shape index (κ3) is 8.98. The van der Waals surface area contributed by atoms with Crippen molar-refractivity contribution in [2.45, 2.75) is 64.1 Å². The van der Waals surface area contributed by atoms with E-state index >= 15 is 0 Å². The lowest BCUT2D eigenvalue weighted by molar-refractivity contribution is -0.142. The van der Waals surface area contributed by atoms with Crippen molar-refractivity contribution in [3.8, 4) is 0 Å². The van der Waals surface area contributed by atoms with Crippen LogP contribution in [0.5, 0.6) is 0 Å². The molecule has 0 bridgehead atoms. The molecule has 3 rings (SSSR count). The van der Waals surface area contributed by atoms with Crippen LogP contribution in [0.4, 0.5) is 4.39 Å². The van der Waals surface area contributed by atoms with Gasteiger partial charge in [-0.2, -0.15) is 0 Å². The zero-order chi connectivity index (χ0) is 28.6. The van der Waals surface area contributed by atoms with Crippen molar-refractivity contribution < 1.29 is 28.4 Å². The van der Waals surface area contributed by atoms with Crippen LogP contribution in [-0.4, -0.2) is 58.6 Å². The second-order valence-electron chi connectivity index (χ2n) is 10.6. The van der Waals surface area contributed by atoms with Gasteiger partial charge in [-0.05, 0) is 51.7 Å². The smallest absolute Gasteiger partial charge is 0.290 e. The summed E-state index contributed by atoms with van der Waals surface area (Å²) in [5, 5.41) is 10.5. The third-order valence-electron chi connectivity index (χ3n) is 6.14. The number of piperidine rings is 1. The van der Waals surface area contributed by atoms with Crippen molar-refractivity contribution in [2.75, 3.05) is 6.54 Å². The molecule has 2 heterocycles.